The molecule has 540 valence electrons. The molecule has 19 heteroatoms. The molecule has 7 atom stereocenters. The molecule has 0 aromatic heterocycles. The molecule has 17 nitrogen and oxygen atoms in total. The first-order valence-corrected chi connectivity index (χ1v) is 40.3. The summed E-state index contributed by atoms with van der Waals surface area (Å²) in [6, 6.07) is 0. The third-order valence-corrected chi connectivity index (χ3v) is 19.2. The monoisotopic (exact) mass is 1340 g/mol. The van der Waals surface area contributed by atoms with Gasteiger partial charge in [-0.15, -0.1) is 0 Å². The van der Waals surface area contributed by atoms with Crippen LogP contribution in [0, 0.1) is 23.7 Å². The maximum Gasteiger partial charge on any atom is 0.472 e. The van der Waals surface area contributed by atoms with Crippen molar-refractivity contribution < 1.29 is 80.2 Å². The largest absolute Gasteiger partial charge is 0.472 e. The molecule has 0 saturated heterocycles. The Morgan fingerprint density at radius 3 is 0.780 bits per heavy atom. The van der Waals surface area contributed by atoms with E-state index in [0.29, 0.717) is 31.6 Å². The topological polar surface area (TPSA) is 237 Å². The second-order valence-corrected chi connectivity index (χ2v) is 30.3. The van der Waals surface area contributed by atoms with E-state index in [2.05, 4.69) is 55.4 Å². The highest BCUT2D eigenvalue weighted by Crippen LogP contribution is 2.45. The highest BCUT2D eigenvalue weighted by Gasteiger charge is 2.30. The number of hydrogen-bond acceptors (Lipinski definition) is 15. The van der Waals surface area contributed by atoms with Crippen LogP contribution < -0.4 is 0 Å². The van der Waals surface area contributed by atoms with Crippen LogP contribution in [-0.4, -0.2) is 96.7 Å². The van der Waals surface area contributed by atoms with Crippen LogP contribution in [0.4, 0.5) is 0 Å². The number of carbonyl (C=O) groups excluding carboxylic acids is 4. The Hall–Kier alpha value is -1.94. The van der Waals surface area contributed by atoms with E-state index in [1.165, 1.54) is 148 Å². The molecular formula is C72H140O17P2. The summed E-state index contributed by atoms with van der Waals surface area (Å²) in [5.41, 5.74) is 0. The number of rotatable bonds is 69. The minimum Gasteiger partial charge on any atom is -0.462 e. The average molecular weight is 1340 g/mol. The first-order valence-electron chi connectivity index (χ1n) is 37.3. The molecule has 0 saturated carbocycles. The Morgan fingerprint density at radius 1 is 0.308 bits per heavy atom. The number of aliphatic hydroxyl groups excluding tert-OH is 1. The molecule has 0 spiro atoms. The van der Waals surface area contributed by atoms with Gasteiger partial charge in [0, 0.05) is 25.7 Å². The van der Waals surface area contributed by atoms with Gasteiger partial charge in [0.2, 0.25) is 0 Å². The summed E-state index contributed by atoms with van der Waals surface area (Å²) in [6.07, 6.45) is 44.8. The second-order valence-electron chi connectivity index (χ2n) is 27.4. The Labute approximate surface area is 556 Å². The molecule has 0 aliphatic rings. The van der Waals surface area contributed by atoms with Crippen molar-refractivity contribution in [1.82, 2.24) is 0 Å². The van der Waals surface area contributed by atoms with Crippen molar-refractivity contribution in [3.8, 4) is 0 Å². The minimum absolute atomic E-state index is 0.102. The number of hydrogen-bond donors (Lipinski definition) is 3. The van der Waals surface area contributed by atoms with Crippen LogP contribution in [0.5, 0.6) is 0 Å². The van der Waals surface area contributed by atoms with Gasteiger partial charge in [0.1, 0.15) is 19.3 Å². The van der Waals surface area contributed by atoms with Gasteiger partial charge in [-0.05, 0) is 49.4 Å². The summed E-state index contributed by atoms with van der Waals surface area (Å²) in [5.74, 6) is 0.844. The smallest absolute Gasteiger partial charge is 0.462 e. The van der Waals surface area contributed by atoms with Gasteiger partial charge >= 0.3 is 39.5 Å². The molecule has 0 fully saturated rings. The van der Waals surface area contributed by atoms with E-state index in [-0.39, 0.29) is 25.7 Å². The summed E-state index contributed by atoms with van der Waals surface area (Å²) < 4.78 is 68.3. The molecule has 0 aliphatic heterocycles. The molecule has 0 heterocycles. The molecule has 5 unspecified atom stereocenters. The fourth-order valence-electron chi connectivity index (χ4n) is 10.8. The van der Waals surface area contributed by atoms with Crippen molar-refractivity contribution >= 4 is 39.5 Å². The average Bonchev–Trinajstić information content (AvgIpc) is 3.73. The highest BCUT2D eigenvalue weighted by molar-refractivity contribution is 7.47. The molecule has 0 aliphatic carbocycles. The van der Waals surface area contributed by atoms with Crippen LogP contribution in [0.1, 0.15) is 357 Å². The number of phosphoric acid groups is 2. The molecule has 0 aromatic rings. The van der Waals surface area contributed by atoms with Gasteiger partial charge in [-0.3, -0.25) is 37.3 Å². The van der Waals surface area contributed by atoms with Gasteiger partial charge in [0.05, 0.1) is 26.4 Å². The van der Waals surface area contributed by atoms with Gasteiger partial charge in [0.15, 0.2) is 12.2 Å². The maximum absolute atomic E-state index is 13.0. The quantitative estimate of drug-likeness (QED) is 0.0222. The number of ether oxygens (including phenoxy) is 4. The maximum atomic E-state index is 13.0. The van der Waals surface area contributed by atoms with E-state index in [1.807, 2.05) is 0 Å². The Bertz CT molecular complexity index is 1800. The number of esters is 4. The molecule has 0 amide bonds. The van der Waals surface area contributed by atoms with E-state index in [1.54, 1.807) is 0 Å². The van der Waals surface area contributed by atoms with Crippen molar-refractivity contribution in [2.75, 3.05) is 39.6 Å². The molecule has 0 aromatic carbocycles. The van der Waals surface area contributed by atoms with Gasteiger partial charge in [-0.25, -0.2) is 9.13 Å². The van der Waals surface area contributed by atoms with E-state index in [9.17, 15) is 43.2 Å². The molecule has 3 N–H and O–H groups in total. The van der Waals surface area contributed by atoms with Crippen LogP contribution in [0.3, 0.4) is 0 Å². The number of aliphatic hydroxyl groups is 1. The van der Waals surface area contributed by atoms with Crippen molar-refractivity contribution in [2.24, 2.45) is 23.7 Å². The fourth-order valence-corrected chi connectivity index (χ4v) is 12.4. The highest BCUT2D eigenvalue weighted by atomic mass is 31.2. The third-order valence-electron chi connectivity index (χ3n) is 17.3. The second kappa shape index (κ2) is 61.6. The van der Waals surface area contributed by atoms with E-state index >= 15 is 0 Å². The molecule has 0 rings (SSSR count). The predicted molar refractivity (Wildman–Crippen MR) is 367 cm³/mol. The first kappa shape index (κ1) is 89.1. The van der Waals surface area contributed by atoms with E-state index < -0.39 is 97.5 Å². The van der Waals surface area contributed by atoms with E-state index in [4.69, 9.17) is 37.0 Å². The lowest BCUT2D eigenvalue weighted by atomic mass is 10.00. The summed E-state index contributed by atoms with van der Waals surface area (Å²) in [5, 5.41) is 10.6. The van der Waals surface area contributed by atoms with Crippen molar-refractivity contribution in [1.29, 1.82) is 0 Å². The number of phosphoric ester groups is 2. The summed E-state index contributed by atoms with van der Waals surface area (Å²) >= 11 is 0. The summed E-state index contributed by atoms with van der Waals surface area (Å²) in [7, 11) is -9.90. The SMILES string of the molecule is CCC(C)CCCCCCCCC(=O)OC[C@H](COP(=O)(O)OCC(O)COP(=O)(O)OC[C@@H](COC(=O)CCCCCCCCCC(C)C)OC(=O)CCCCCCCCCCCCCCCCCCCCC(C)C)OC(=O)CCCCCCCCC(C)CC. The Balaban J connectivity index is 5.17. The zero-order chi connectivity index (χ0) is 67.5. The lowest BCUT2D eigenvalue weighted by molar-refractivity contribution is -0.161. The Morgan fingerprint density at radius 2 is 0.527 bits per heavy atom. The van der Waals surface area contributed by atoms with Crippen molar-refractivity contribution in [3.63, 3.8) is 0 Å². The van der Waals surface area contributed by atoms with E-state index in [0.717, 1.165) is 120 Å². The lowest BCUT2D eigenvalue weighted by Gasteiger charge is -2.21. The van der Waals surface area contributed by atoms with Crippen molar-refractivity contribution in [2.45, 2.75) is 375 Å². The molecule has 91 heavy (non-hydrogen) atoms. The zero-order valence-corrected chi connectivity index (χ0v) is 61.3. The van der Waals surface area contributed by atoms with Crippen molar-refractivity contribution in [3.05, 3.63) is 0 Å². The predicted octanol–water partition coefficient (Wildman–Crippen LogP) is 20.5. The number of carbonyl (C=O) groups is 4. The zero-order valence-electron chi connectivity index (χ0n) is 59.5. The number of unbranched alkanes of at least 4 members (excludes halogenated alkanes) is 33. The van der Waals surface area contributed by atoms with Gasteiger partial charge in [0.25, 0.3) is 0 Å². The summed E-state index contributed by atoms with van der Waals surface area (Å²) in [4.78, 5) is 72.5. The first-order chi connectivity index (χ1) is 43.7. The minimum atomic E-state index is -4.95. The van der Waals surface area contributed by atoms with Crippen LogP contribution in [0.25, 0.3) is 0 Å². The fraction of sp³-hybridized carbons (Fsp3) is 0.944. The van der Waals surface area contributed by atoms with Crippen LogP contribution in [-0.2, 0) is 65.4 Å². The Kier molecular flexibility index (Phi) is 60.3. The van der Waals surface area contributed by atoms with Gasteiger partial charge < -0.3 is 33.8 Å². The molecule has 0 bridgehead atoms. The van der Waals surface area contributed by atoms with Gasteiger partial charge in [-0.2, -0.15) is 0 Å². The van der Waals surface area contributed by atoms with Gasteiger partial charge in [-0.1, -0.05) is 306 Å². The standard InChI is InChI=1S/C72H140O17P2/c1-9-64(7)50-42-34-28-30-37-45-53-70(75)83-59-68(89-72(77)55-47-39-31-29-35-43-51-65(8)10-2)61-87-91(80,81)85-57-66(73)56-84-90(78,79)86-60-67(58-82-69(74)52-44-36-27-23-25-33-41-49-63(5)6)88-71(76)54-46-38-26-22-20-18-16-14-12-11-13-15-17-19-21-24-32-40-48-62(3)4/h62-68,73H,9-61H2,1-8H3,(H,78,79)(H,80,81)/t64?,65?,66?,67-,68-/m1/s1. The van der Waals surface area contributed by atoms with Crippen LogP contribution in [0.2, 0.25) is 0 Å². The van der Waals surface area contributed by atoms with Crippen LogP contribution >= 0.6 is 15.6 Å². The molecular weight excluding hydrogens is 1200 g/mol. The normalized spacial score (nSPS) is 14.8. The summed E-state index contributed by atoms with van der Waals surface area (Å²) in [6.45, 7) is 14.0. The molecule has 0 radical (unpaired) electrons. The van der Waals surface area contributed by atoms with Crippen LogP contribution in [0.15, 0.2) is 0 Å². The lowest BCUT2D eigenvalue weighted by Crippen LogP contribution is -2.30. The third kappa shape index (κ3) is 63.9.